The van der Waals surface area contributed by atoms with E-state index in [4.69, 9.17) is 0 Å². The molecule has 0 saturated heterocycles. The van der Waals surface area contributed by atoms with Crippen LogP contribution >= 0.6 is 0 Å². The third-order valence-corrected chi connectivity index (χ3v) is 4.78. The molecule has 2 aliphatic carbocycles. The zero-order valence-electron chi connectivity index (χ0n) is 12.9. The van der Waals surface area contributed by atoms with Crippen molar-refractivity contribution >= 4 is 5.57 Å². The maximum Gasteiger partial charge on any atom is 0.128 e. The molecule has 108 valence electrons. The van der Waals surface area contributed by atoms with Gasteiger partial charge in [-0.3, -0.25) is 0 Å². The number of benzene rings is 1. The molecule has 1 saturated carbocycles. The van der Waals surface area contributed by atoms with Crippen LogP contribution in [0.2, 0.25) is 0 Å². The zero-order chi connectivity index (χ0) is 14.4. The number of fused-ring (bicyclic) bond motifs is 2. The first-order valence-electron chi connectivity index (χ1n) is 7.72. The highest BCUT2D eigenvalue weighted by Gasteiger charge is 2.41. The van der Waals surface area contributed by atoms with Gasteiger partial charge in [0.1, 0.15) is 12.6 Å². The topological polar surface area (TPSA) is 20.2 Å². The van der Waals surface area contributed by atoms with Gasteiger partial charge in [-0.15, -0.1) is 0 Å². The molecule has 0 heterocycles. The van der Waals surface area contributed by atoms with Crippen molar-refractivity contribution in [3.8, 4) is 0 Å². The van der Waals surface area contributed by atoms with E-state index in [-0.39, 0.29) is 11.5 Å². The number of aliphatic hydroxyl groups excluding tert-OH is 1. The van der Waals surface area contributed by atoms with E-state index < -0.39 is 0 Å². The number of hydrogen-bond donors (Lipinski definition) is 1. The SMILES string of the molecule is C[N+](C)(C)CC(O)C1=CC2(CCCC2)c2ccccc21. The molecule has 1 unspecified atom stereocenters. The highest BCUT2D eigenvalue weighted by atomic mass is 16.3. The Bertz CT molecular complexity index is 533. The van der Waals surface area contributed by atoms with Crippen LogP contribution in [-0.2, 0) is 5.41 Å². The summed E-state index contributed by atoms with van der Waals surface area (Å²) in [6.45, 7) is 0.760. The van der Waals surface area contributed by atoms with Gasteiger partial charge in [-0.1, -0.05) is 43.2 Å². The van der Waals surface area contributed by atoms with Crippen LogP contribution in [0.15, 0.2) is 30.3 Å². The Labute approximate surface area is 122 Å². The number of hydrogen-bond acceptors (Lipinski definition) is 1. The van der Waals surface area contributed by atoms with Crippen molar-refractivity contribution in [1.82, 2.24) is 0 Å². The molecule has 0 amide bonds. The number of aliphatic hydroxyl groups is 1. The van der Waals surface area contributed by atoms with Gasteiger partial charge in [0.25, 0.3) is 0 Å². The maximum absolute atomic E-state index is 10.7. The summed E-state index contributed by atoms with van der Waals surface area (Å²) in [5, 5.41) is 10.7. The molecule has 1 spiro atoms. The molecule has 3 rings (SSSR count). The molecule has 0 radical (unpaired) electrons. The van der Waals surface area contributed by atoms with E-state index in [9.17, 15) is 5.11 Å². The second kappa shape index (κ2) is 4.71. The highest BCUT2D eigenvalue weighted by Crippen LogP contribution is 2.51. The van der Waals surface area contributed by atoms with Crippen LogP contribution in [0.3, 0.4) is 0 Å². The molecule has 20 heavy (non-hydrogen) atoms. The van der Waals surface area contributed by atoms with Gasteiger partial charge in [-0.2, -0.15) is 0 Å². The first-order chi connectivity index (χ1) is 9.41. The average molecular weight is 272 g/mol. The molecular weight excluding hydrogens is 246 g/mol. The van der Waals surface area contributed by atoms with Crippen molar-refractivity contribution in [1.29, 1.82) is 0 Å². The van der Waals surface area contributed by atoms with Crippen molar-refractivity contribution in [2.45, 2.75) is 37.2 Å². The largest absolute Gasteiger partial charge is 0.382 e. The standard InChI is InChI=1S/C18H26NO/c1-19(2,3)13-17(20)15-12-18(10-6-7-11-18)16-9-5-4-8-14(15)16/h4-5,8-9,12,17,20H,6-7,10-11,13H2,1-3H3/q+1. The van der Waals surface area contributed by atoms with Crippen LogP contribution < -0.4 is 0 Å². The van der Waals surface area contributed by atoms with Crippen molar-refractivity contribution in [3.05, 3.63) is 41.5 Å². The summed E-state index contributed by atoms with van der Waals surface area (Å²) >= 11 is 0. The third kappa shape index (κ3) is 2.32. The third-order valence-electron chi connectivity index (χ3n) is 4.78. The second-order valence-corrected chi connectivity index (χ2v) is 7.50. The minimum Gasteiger partial charge on any atom is -0.382 e. The first-order valence-corrected chi connectivity index (χ1v) is 7.72. The minimum absolute atomic E-state index is 0.220. The molecule has 0 bridgehead atoms. The summed E-state index contributed by atoms with van der Waals surface area (Å²) in [6, 6.07) is 8.69. The van der Waals surface area contributed by atoms with E-state index in [1.54, 1.807) is 0 Å². The molecular formula is C18H26NO+. The van der Waals surface area contributed by atoms with Crippen molar-refractivity contribution in [3.63, 3.8) is 0 Å². The molecule has 1 aromatic carbocycles. The minimum atomic E-state index is -0.365. The molecule has 1 fully saturated rings. The summed E-state index contributed by atoms with van der Waals surface area (Å²) in [4.78, 5) is 0. The molecule has 2 aliphatic rings. The quantitative estimate of drug-likeness (QED) is 0.839. The fourth-order valence-electron chi connectivity index (χ4n) is 3.93. The number of nitrogens with zero attached hydrogens (tertiary/aromatic N) is 1. The van der Waals surface area contributed by atoms with Gasteiger partial charge in [-0.25, -0.2) is 0 Å². The van der Waals surface area contributed by atoms with Gasteiger partial charge in [-0.05, 0) is 29.5 Å². The van der Waals surface area contributed by atoms with Crippen LogP contribution in [0, 0.1) is 0 Å². The van der Waals surface area contributed by atoms with E-state index in [2.05, 4.69) is 51.5 Å². The van der Waals surface area contributed by atoms with Crippen LogP contribution in [0.25, 0.3) is 5.57 Å². The molecule has 0 aromatic heterocycles. The predicted octanol–water partition coefficient (Wildman–Crippen LogP) is 2.96. The van der Waals surface area contributed by atoms with E-state index in [0.717, 1.165) is 16.6 Å². The Kier molecular flexibility index (Phi) is 3.26. The average Bonchev–Trinajstić information content (AvgIpc) is 2.95. The van der Waals surface area contributed by atoms with Gasteiger partial charge in [0, 0.05) is 5.41 Å². The smallest absolute Gasteiger partial charge is 0.128 e. The van der Waals surface area contributed by atoms with E-state index in [1.165, 1.54) is 36.8 Å². The number of likely N-dealkylation sites (N-methyl/N-ethyl adjacent to an activating group) is 1. The van der Waals surface area contributed by atoms with E-state index >= 15 is 0 Å². The fraction of sp³-hybridized carbons (Fsp3) is 0.556. The lowest BCUT2D eigenvalue weighted by Gasteiger charge is -2.27. The fourth-order valence-corrected chi connectivity index (χ4v) is 3.93. The zero-order valence-corrected chi connectivity index (χ0v) is 12.9. The normalized spacial score (nSPS) is 21.9. The van der Waals surface area contributed by atoms with Crippen LogP contribution in [-0.4, -0.2) is 43.4 Å². The highest BCUT2D eigenvalue weighted by molar-refractivity contribution is 5.79. The van der Waals surface area contributed by atoms with Gasteiger partial charge in [0.2, 0.25) is 0 Å². The predicted molar refractivity (Wildman–Crippen MR) is 83.5 cm³/mol. The summed E-state index contributed by atoms with van der Waals surface area (Å²) < 4.78 is 0.785. The Morgan fingerprint density at radius 2 is 1.80 bits per heavy atom. The lowest BCUT2D eigenvalue weighted by Crippen LogP contribution is -2.41. The van der Waals surface area contributed by atoms with Crippen LogP contribution in [0.1, 0.15) is 36.8 Å². The number of allylic oxidation sites excluding steroid dienone is 1. The van der Waals surface area contributed by atoms with E-state index in [0.29, 0.717) is 0 Å². The van der Waals surface area contributed by atoms with E-state index in [1.807, 2.05) is 0 Å². The van der Waals surface area contributed by atoms with Gasteiger partial charge < -0.3 is 9.59 Å². The monoisotopic (exact) mass is 272 g/mol. The molecule has 2 nitrogen and oxygen atoms in total. The van der Waals surface area contributed by atoms with Gasteiger partial charge in [0.05, 0.1) is 21.1 Å². The van der Waals surface area contributed by atoms with Gasteiger partial charge in [0.15, 0.2) is 0 Å². The first kappa shape index (κ1) is 13.8. The van der Waals surface area contributed by atoms with Crippen molar-refractivity contribution in [2.75, 3.05) is 27.7 Å². The second-order valence-electron chi connectivity index (χ2n) is 7.50. The molecule has 1 aromatic rings. The van der Waals surface area contributed by atoms with Crippen molar-refractivity contribution < 1.29 is 9.59 Å². The lowest BCUT2D eigenvalue weighted by molar-refractivity contribution is -0.872. The maximum atomic E-state index is 10.7. The van der Waals surface area contributed by atoms with Crippen LogP contribution in [0.4, 0.5) is 0 Å². The Morgan fingerprint density at radius 1 is 1.15 bits per heavy atom. The Morgan fingerprint density at radius 3 is 2.45 bits per heavy atom. The summed E-state index contributed by atoms with van der Waals surface area (Å²) in [7, 11) is 6.40. The Balaban J connectivity index is 1.99. The molecule has 1 N–H and O–H groups in total. The summed E-state index contributed by atoms with van der Waals surface area (Å²) in [5.41, 5.74) is 4.12. The lowest BCUT2D eigenvalue weighted by atomic mass is 9.81. The van der Waals surface area contributed by atoms with Crippen molar-refractivity contribution in [2.24, 2.45) is 0 Å². The summed E-state index contributed by atoms with van der Waals surface area (Å²) in [6.07, 6.45) is 7.13. The molecule has 1 atom stereocenters. The summed E-state index contributed by atoms with van der Waals surface area (Å²) in [5.74, 6) is 0. The number of rotatable bonds is 3. The number of quaternary nitrogens is 1. The van der Waals surface area contributed by atoms with Crippen LogP contribution in [0.5, 0.6) is 0 Å². The Hall–Kier alpha value is -1.12. The molecule has 2 heteroatoms. The van der Waals surface area contributed by atoms with Gasteiger partial charge >= 0.3 is 0 Å². The molecule has 0 aliphatic heterocycles.